The fourth-order valence-electron chi connectivity index (χ4n) is 3.50. The summed E-state index contributed by atoms with van der Waals surface area (Å²) in [5.74, 6) is -8.57. The van der Waals surface area contributed by atoms with Crippen LogP contribution >= 0.6 is 0 Å². The van der Waals surface area contributed by atoms with E-state index >= 15 is 0 Å². The molecule has 10 heteroatoms. The molecular formula is C26H17F7N2O. The summed E-state index contributed by atoms with van der Waals surface area (Å²) in [5, 5.41) is 0. The SMILES string of the molecule is CCCc1cnc(-c2ccc(-c3ccc(C(F)(F)Oc4cc(F)c(F)c(F)c4)cc3)c(F)c2F)nc1. The molecular weight excluding hydrogens is 489 g/mol. The second-order valence-corrected chi connectivity index (χ2v) is 7.85. The average Bonchev–Trinajstić information content (AvgIpc) is 2.85. The highest BCUT2D eigenvalue weighted by molar-refractivity contribution is 5.69. The van der Waals surface area contributed by atoms with Crippen molar-refractivity contribution in [2.45, 2.75) is 25.9 Å². The smallest absolute Gasteiger partial charge is 0.426 e. The summed E-state index contributed by atoms with van der Waals surface area (Å²) in [5.41, 5.74) is -0.161. The molecule has 0 radical (unpaired) electrons. The molecule has 4 rings (SSSR count). The molecule has 0 bridgehead atoms. The predicted octanol–water partition coefficient (Wildman–Crippen LogP) is 7.59. The number of hydrogen-bond acceptors (Lipinski definition) is 3. The summed E-state index contributed by atoms with van der Waals surface area (Å²) in [6.07, 6.45) is 0.623. The quantitative estimate of drug-likeness (QED) is 0.191. The Morgan fingerprint density at radius 2 is 1.31 bits per heavy atom. The molecule has 3 aromatic carbocycles. The lowest BCUT2D eigenvalue weighted by molar-refractivity contribution is -0.185. The topological polar surface area (TPSA) is 35.0 Å². The Labute approximate surface area is 201 Å². The molecule has 0 aliphatic rings. The molecule has 4 aromatic rings. The Morgan fingerprint density at radius 1 is 0.750 bits per heavy atom. The van der Waals surface area contributed by atoms with Crippen LogP contribution in [0.3, 0.4) is 0 Å². The Bertz CT molecular complexity index is 1370. The summed E-state index contributed by atoms with van der Waals surface area (Å²) in [4.78, 5) is 8.16. The van der Waals surface area contributed by atoms with Crippen LogP contribution in [-0.4, -0.2) is 9.97 Å². The van der Waals surface area contributed by atoms with Crippen molar-refractivity contribution in [3.8, 4) is 28.3 Å². The maximum atomic E-state index is 14.9. The van der Waals surface area contributed by atoms with Crippen molar-refractivity contribution in [1.82, 2.24) is 9.97 Å². The van der Waals surface area contributed by atoms with Crippen LogP contribution in [0.15, 0.2) is 60.9 Å². The number of aryl methyl sites for hydroxylation is 1. The number of nitrogens with zero attached hydrogens (tertiary/aromatic N) is 2. The van der Waals surface area contributed by atoms with Crippen LogP contribution in [0.25, 0.3) is 22.5 Å². The van der Waals surface area contributed by atoms with Crippen LogP contribution in [0.4, 0.5) is 30.7 Å². The van der Waals surface area contributed by atoms with Crippen LogP contribution in [-0.2, 0) is 12.5 Å². The van der Waals surface area contributed by atoms with Crippen LogP contribution in [0, 0.1) is 29.1 Å². The van der Waals surface area contributed by atoms with E-state index in [0.29, 0.717) is 0 Å². The van der Waals surface area contributed by atoms with Gasteiger partial charge in [0, 0.05) is 30.1 Å². The molecule has 0 aliphatic carbocycles. The molecule has 0 atom stereocenters. The van der Waals surface area contributed by atoms with Crippen molar-refractivity contribution in [1.29, 1.82) is 0 Å². The van der Waals surface area contributed by atoms with Gasteiger partial charge in [-0.1, -0.05) is 31.5 Å². The molecule has 0 saturated carbocycles. The Morgan fingerprint density at radius 3 is 1.89 bits per heavy atom. The van der Waals surface area contributed by atoms with Gasteiger partial charge in [-0.2, -0.15) is 8.78 Å². The minimum absolute atomic E-state index is 0.00129. The molecule has 1 heterocycles. The number of benzene rings is 3. The first-order valence-corrected chi connectivity index (χ1v) is 10.7. The van der Waals surface area contributed by atoms with Crippen LogP contribution in [0.2, 0.25) is 0 Å². The standard InChI is InChI=1S/C26H17F7N2O/c1-2-3-14-12-34-25(35-13-14)19-9-8-18(22(29)23(19)30)15-4-6-16(7-5-15)26(32,33)36-17-10-20(27)24(31)21(28)11-17/h4-13H,2-3H2,1H3. The van der Waals surface area contributed by atoms with Crippen molar-refractivity contribution in [3.05, 3.63) is 101 Å². The van der Waals surface area contributed by atoms with Crippen molar-refractivity contribution in [2.24, 2.45) is 0 Å². The second kappa shape index (κ2) is 9.96. The van der Waals surface area contributed by atoms with Gasteiger partial charge in [0.2, 0.25) is 0 Å². The molecule has 0 amide bonds. The zero-order valence-corrected chi connectivity index (χ0v) is 18.6. The van der Waals surface area contributed by atoms with Crippen molar-refractivity contribution in [2.75, 3.05) is 0 Å². The first-order chi connectivity index (χ1) is 17.1. The van der Waals surface area contributed by atoms with Gasteiger partial charge in [0.1, 0.15) is 5.75 Å². The van der Waals surface area contributed by atoms with Crippen LogP contribution in [0.1, 0.15) is 24.5 Å². The first kappa shape index (κ1) is 25.2. The van der Waals surface area contributed by atoms with E-state index < -0.39 is 46.5 Å². The van der Waals surface area contributed by atoms with Gasteiger partial charge >= 0.3 is 6.11 Å². The normalized spacial score (nSPS) is 11.6. The third-order valence-electron chi connectivity index (χ3n) is 5.30. The van der Waals surface area contributed by atoms with E-state index in [0.717, 1.165) is 42.7 Å². The van der Waals surface area contributed by atoms with Gasteiger partial charge in [-0.15, -0.1) is 0 Å². The van der Waals surface area contributed by atoms with E-state index in [4.69, 9.17) is 0 Å². The molecule has 3 nitrogen and oxygen atoms in total. The predicted molar refractivity (Wildman–Crippen MR) is 118 cm³/mol. The maximum Gasteiger partial charge on any atom is 0.426 e. The fraction of sp³-hybridized carbons (Fsp3) is 0.154. The van der Waals surface area contributed by atoms with Crippen molar-refractivity contribution < 1.29 is 35.5 Å². The minimum Gasteiger partial charge on any atom is -0.429 e. The molecule has 1 aromatic heterocycles. The van der Waals surface area contributed by atoms with E-state index in [1.807, 2.05) is 6.92 Å². The largest absolute Gasteiger partial charge is 0.429 e. The zero-order chi connectivity index (χ0) is 26.0. The van der Waals surface area contributed by atoms with E-state index in [-0.39, 0.29) is 34.6 Å². The van der Waals surface area contributed by atoms with Crippen molar-refractivity contribution in [3.63, 3.8) is 0 Å². The lowest BCUT2D eigenvalue weighted by Crippen LogP contribution is -2.22. The summed E-state index contributed by atoms with van der Waals surface area (Å²) in [6, 6.07) is 7.08. The van der Waals surface area contributed by atoms with E-state index in [9.17, 15) is 30.7 Å². The minimum atomic E-state index is -4.07. The summed E-state index contributed by atoms with van der Waals surface area (Å²) >= 11 is 0. The average molecular weight is 506 g/mol. The summed E-state index contributed by atoms with van der Waals surface area (Å²) < 4.78 is 103. The molecule has 0 N–H and O–H groups in total. The van der Waals surface area contributed by atoms with Gasteiger partial charge in [0.25, 0.3) is 0 Å². The van der Waals surface area contributed by atoms with Gasteiger partial charge in [0.05, 0.1) is 11.1 Å². The number of aromatic nitrogens is 2. The number of halogens is 7. The molecule has 0 saturated heterocycles. The highest BCUT2D eigenvalue weighted by atomic mass is 19.3. The number of alkyl halides is 2. The van der Waals surface area contributed by atoms with Crippen LogP contribution < -0.4 is 4.74 Å². The zero-order valence-electron chi connectivity index (χ0n) is 18.6. The van der Waals surface area contributed by atoms with Gasteiger partial charge in [-0.05, 0) is 35.7 Å². The van der Waals surface area contributed by atoms with Crippen LogP contribution in [0.5, 0.6) is 5.75 Å². The second-order valence-electron chi connectivity index (χ2n) is 7.85. The van der Waals surface area contributed by atoms with Crippen molar-refractivity contribution >= 4 is 0 Å². The third-order valence-corrected chi connectivity index (χ3v) is 5.30. The highest BCUT2D eigenvalue weighted by Gasteiger charge is 2.35. The first-order valence-electron chi connectivity index (χ1n) is 10.7. The monoisotopic (exact) mass is 506 g/mol. The van der Waals surface area contributed by atoms with Gasteiger partial charge < -0.3 is 4.74 Å². The lowest BCUT2D eigenvalue weighted by atomic mass is 10.0. The Kier molecular flexibility index (Phi) is 6.96. The number of rotatable bonds is 7. The summed E-state index contributed by atoms with van der Waals surface area (Å²) in [6.45, 7) is 1.98. The molecule has 186 valence electrons. The highest BCUT2D eigenvalue weighted by Crippen LogP contribution is 2.35. The van der Waals surface area contributed by atoms with Gasteiger partial charge in [-0.3, -0.25) is 0 Å². The molecule has 36 heavy (non-hydrogen) atoms. The van der Waals surface area contributed by atoms with Gasteiger partial charge in [0.15, 0.2) is 34.9 Å². The number of hydrogen-bond donors (Lipinski definition) is 0. The Balaban J connectivity index is 1.58. The van der Waals surface area contributed by atoms with Gasteiger partial charge in [-0.25, -0.2) is 31.9 Å². The fourth-order valence-corrected chi connectivity index (χ4v) is 3.50. The summed E-state index contributed by atoms with van der Waals surface area (Å²) in [7, 11) is 0. The molecule has 0 fully saturated rings. The molecule has 0 aliphatic heterocycles. The van der Waals surface area contributed by atoms with E-state index in [1.54, 1.807) is 0 Å². The third kappa shape index (κ3) is 5.02. The lowest BCUT2D eigenvalue weighted by Gasteiger charge is -2.19. The van der Waals surface area contributed by atoms with E-state index in [2.05, 4.69) is 14.7 Å². The van der Waals surface area contributed by atoms with E-state index in [1.165, 1.54) is 24.5 Å². The molecule has 0 unspecified atom stereocenters. The number of ether oxygens (including phenoxy) is 1. The maximum absolute atomic E-state index is 14.9. The Hall–Kier alpha value is -3.95. The molecule has 0 spiro atoms.